The number of aryl methyl sites for hydroxylation is 2. The normalized spacial score (nSPS) is 20.9. The highest BCUT2D eigenvalue weighted by atomic mass is 127. The summed E-state index contributed by atoms with van der Waals surface area (Å²) in [6, 6.07) is 0. The maximum atomic E-state index is 6.00. The summed E-state index contributed by atoms with van der Waals surface area (Å²) >= 11 is 1.74. The van der Waals surface area contributed by atoms with Crippen molar-refractivity contribution in [2.45, 2.75) is 39.3 Å². The molecule has 32 heavy (non-hydrogen) atoms. The van der Waals surface area contributed by atoms with Crippen molar-refractivity contribution in [2.75, 3.05) is 45.9 Å². The Morgan fingerprint density at radius 3 is 2.78 bits per heavy atom. The highest BCUT2D eigenvalue weighted by Crippen LogP contribution is 2.23. The Bertz CT molecular complexity index is 862. The average molecular weight is 574 g/mol. The second kappa shape index (κ2) is 12.3. The van der Waals surface area contributed by atoms with Crippen LogP contribution in [0.1, 0.15) is 42.1 Å². The van der Waals surface area contributed by atoms with Gasteiger partial charge >= 0.3 is 0 Å². The number of piperidine rings is 1. The van der Waals surface area contributed by atoms with E-state index in [2.05, 4.69) is 44.4 Å². The van der Waals surface area contributed by atoms with Crippen molar-refractivity contribution in [1.82, 2.24) is 29.9 Å². The van der Waals surface area contributed by atoms with Crippen LogP contribution >= 0.6 is 35.3 Å². The number of ether oxygens (including phenoxy) is 1. The second-order valence-electron chi connectivity index (χ2n) is 8.52. The van der Waals surface area contributed by atoms with Gasteiger partial charge < -0.3 is 15.0 Å². The molecule has 0 radical (unpaired) electrons. The topological polar surface area (TPSA) is 70.8 Å². The Morgan fingerprint density at radius 1 is 1.31 bits per heavy atom. The molecule has 1 N–H and O–H groups in total. The zero-order chi connectivity index (χ0) is 21.6. The number of morpholine rings is 1. The first-order valence-corrected chi connectivity index (χ1v) is 12.3. The van der Waals surface area contributed by atoms with Crippen LogP contribution in [0.15, 0.2) is 22.8 Å². The molecule has 2 fully saturated rings. The number of nitrogens with one attached hydrogen (secondary N) is 1. The third kappa shape index (κ3) is 6.88. The Kier molecular flexibility index (Phi) is 9.75. The van der Waals surface area contributed by atoms with Crippen LogP contribution in [0.3, 0.4) is 0 Å². The lowest BCUT2D eigenvalue weighted by Crippen LogP contribution is -2.48. The smallest absolute Gasteiger partial charge is 0.194 e. The molecule has 1 unspecified atom stereocenters. The fraction of sp³-hybridized carbons (Fsp3) is 0.682. The maximum absolute atomic E-state index is 6.00. The molecule has 4 rings (SSSR count). The number of rotatable bonds is 6. The SMILES string of the molecule is CCNC(=NCC1CCN(Cc2csc(C)n2)CC1)N1CCOC(c2cnn(C)c2)C1.I. The summed E-state index contributed by atoms with van der Waals surface area (Å²) in [4.78, 5) is 14.5. The van der Waals surface area contributed by atoms with Crippen LogP contribution in [0.5, 0.6) is 0 Å². The summed E-state index contributed by atoms with van der Waals surface area (Å²) in [7, 11) is 1.94. The van der Waals surface area contributed by atoms with E-state index < -0.39 is 0 Å². The molecule has 2 aromatic rings. The zero-order valence-electron chi connectivity index (χ0n) is 19.4. The number of hydrogen-bond acceptors (Lipinski definition) is 6. The molecule has 0 spiro atoms. The summed E-state index contributed by atoms with van der Waals surface area (Å²) in [6.45, 7) is 11.6. The molecular formula is C22H36IN7OS. The largest absolute Gasteiger partial charge is 0.370 e. The summed E-state index contributed by atoms with van der Waals surface area (Å²) < 4.78 is 7.84. The summed E-state index contributed by atoms with van der Waals surface area (Å²) in [5, 5.41) is 11.1. The van der Waals surface area contributed by atoms with Gasteiger partial charge in [-0.15, -0.1) is 35.3 Å². The minimum absolute atomic E-state index is 0. The Balaban J connectivity index is 0.00000289. The first kappa shape index (κ1) is 25.4. The van der Waals surface area contributed by atoms with Gasteiger partial charge in [0.05, 0.1) is 30.1 Å². The number of aromatic nitrogens is 3. The predicted octanol–water partition coefficient (Wildman–Crippen LogP) is 3.05. The first-order chi connectivity index (χ1) is 15.1. The third-order valence-electron chi connectivity index (χ3n) is 6.06. The van der Waals surface area contributed by atoms with Crippen molar-refractivity contribution in [3.8, 4) is 0 Å². The second-order valence-corrected chi connectivity index (χ2v) is 9.59. The van der Waals surface area contributed by atoms with E-state index in [0.717, 1.165) is 62.3 Å². The number of likely N-dealkylation sites (tertiary alicyclic amines) is 1. The molecule has 178 valence electrons. The molecule has 0 amide bonds. The van der Waals surface area contributed by atoms with Gasteiger partial charge in [-0.05, 0) is 45.7 Å². The molecule has 8 nitrogen and oxygen atoms in total. The van der Waals surface area contributed by atoms with Gasteiger partial charge in [-0.1, -0.05) is 0 Å². The summed E-state index contributed by atoms with van der Waals surface area (Å²) in [6.07, 6.45) is 6.39. The number of nitrogens with zero attached hydrogens (tertiary/aromatic N) is 6. The van der Waals surface area contributed by atoms with Crippen LogP contribution in [0.4, 0.5) is 0 Å². The molecular weight excluding hydrogens is 537 g/mol. The molecule has 0 aromatic carbocycles. The Morgan fingerprint density at radius 2 is 2.12 bits per heavy atom. The summed E-state index contributed by atoms with van der Waals surface area (Å²) in [5.74, 6) is 1.66. The molecule has 1 atom stereocenters. The van der Waals surface area contributed by atoms with Crippen molar-refractivity contribution in [1.29, 1.82) is 0 Å². The molecule has 2 aromatic heterocycles. The molecule has 2 aliphatic heterocycles. The van der Waals surface area contributed by atoms with Gasteiger partial charge in [0, 0.05) is 50.4 Å². The van der Waals surface area contributed by atoms with Crippen LogP contribution in [0.2, 0.25) is 0 Å². The van der Waals surface area contributed by atoms with Gasteiger partial charge in [-0.25, -0.2) is 4.98 Å². The van der Waals surface area contributed by atoms with Crippen LogP contribution < -0.4 is 5.32 Å². The number of hydrogen-bond donors (Lipinski definition) is 1. The quantitative estimate of drug-likeness (QED) is 0.326. The lowest BCUT2D eigenvalue weighted by Gasteiger charge is -2.35. The lowest BCUT2D eigenvalue weighted by atomic mass is 9.97. The monoisotopic (exact) mass is 573 g/mol. The van der Waals surface area contributed by atoms with Gasteiger partial charge in [0.1, 0.15) is 6.10 Å². The van der Waals surface area contributed by atoms with E-state index in [-0.39, 0.29) is 30.1 Å². The zero-order valence-corrected chi connectivity index (χ0v) is 22.5. The molecule has 2 aliphatic rings. The number of thiazole rings is 1. The Hall–Kier alpha value is -1.24. The highest BCUT2D eigenvalue weighted by Gasteiger charge is 2.26. The van der Waals surface area contributed by atoms with Gasteiger partial charge in [0.2, 0.25) is 0 Å². The minimum atomic E-state index is 0. The van der Waals surface area contributed by atoms with E-state index in [1.807, 2.05) is 24.1 Å². The highest BCUT2D eigenvalue weighted by molar-refractivity contribution is 14.0. The molecule has 2 saturated heterocycles. The fourth-order valence-electron chi connectivity index (χ4n) is 4.33. The average Bonchev–Trinajstić information content (AvgIpc) is 3.40. The van der Waals surface area contributed by atoms with E-state index in [4.69, 9.17) is 9.73 Å². The first-order valence-electron chi connectivity index (χ1n) is 11.4. The maximum Gasteiger partial charge on any atom is 0.194 e. The molecule has 10 heteroatoms. The lowest BCUT2D eigenvalue weighted by molar-refractivity contribution is -0.00808. The van der Waals surface area contributed by atoms with Crippen LogP contribution in [0, 0.1) is 12.8 Å². The van der Waals surface area contributed by atoms with Crippen molar-refractivity contribution >= 4 is 41.3 Å². The van der Waals surface area contributed by atoms with Crippen molar-refractivity contribution in [2.24, 2.45) is 18.0 Å². The van der Waals surface area contributed by atoms with E-state index in [1.165, 1.54) is 18.5 Å². The van der Waals surface area contributed by atoms with E-state index in [1.54, 1.807) is 11.3 Å². The van der Waals surface area contributed by atoms with E-state index in [0.29, 0.717) is 12.5 Å². The van der Waals surface area contributed by atoms with Crippen molar-refractivity contribution in [3.05, 3.63) is 34.0 Å². The van der Waals surface area contributed by atoms with Crippen LogP contribution in [0.25, 0.3) is 0 Å². The van der Waals surface area contributed by atoms with E-state index in [9.17, 15) is 0 Å². The molecule has 4 heterocycles. The Labute approximate surface area is 212 Å². The van der Waals surface area contributed by atoms with E-state index >= 15 is 0 Å². The fourth-order valence-corrected chi connectivity index (χ4v) is 4.93. The van der Waals surface area contributed by atoms with Crippen LogP contribution in [-0.2, 0) is 18.3 Å². The number of guanidine groups is 1. The number of aliphatic imine (C=N–C) groups is 1. The number of halogens is 1. The van der Waals surface area contributed by atoms with Gasteiger partial charge in [-0.2, -0.15) is 5.10 Å². The summed E-state index contributed by atoms with van der Waals surface area (Å²) in [5.41, 5.74) is 2.34. The minimum Gasteiger partial charge on any atom is -0.370 e. The molecule has 0 aliphatic carbocycles. The third-order valence-corrected chi connectivity index (χ3v) is 6.88. The van der Waals surface area contributed by atoms with Crippen molar-refractivity contribution in [3.63, 3.8) is 0 Å². The van der Waals surface area contributed by atoms with Gasteiger partial charge in [0.25, 0.3) is 0 Å². The van der Waals surface area contributed by atoms with Gasteiger partial charge in [-0.3, -0.25) is 14.6 Å². The standard InChI is InChI=1S/C22H35N7OS.HI/c1-4-23-22(29-9-10-30-21(15-29)19-12-25-27(3)13-19)24-11-18-5-7-28(8-6-18)14-20-16-31-17(2)26-20;/h12-13,16,18,21H,4-11,14-15H2,1-3H3,(H,23,24);1H. The van der Waals surface area contributed by atoms with Crippen LogP contribution in [-0.4, -0.2) is 76.4 Å². The predicted molar refractivity (Wildman–Crippen MR) is 140 cm³/mol. The van der Waals surface area contributed by atoms with Gasteiger partial charge in [0.15, 0.2) is 5.96 Å². The molecule has 0 bridgehead atoms. The van der Waals surface area contributed by atoms with Crippen molar-refractivity contribution < 1.29 is 4.74 Å². The molecule has 0 saturated carbocycles.